The second-order valence-corrected chi connectivity index (χ2v) is 7.42. The summed E-state index contributed by atoms with van der Waals surface area (Å²) in [6, 6.07) is 10.1. The molecule has 3 atom stereocenters. The summed E-state index contributed by atoms with van der Waals surface area (Å²) >= 11 is 0. The third-order valence-corrected chi connectivity index (χ3v) is 5.50. The molecular formula is C20H27N3O2. The van der Waals surface area contributed by atoms with Crippen LogP contribution in [0.15, 0.2) is 47.2 Å². The Hall–Kier alpha value is -1.69. The topological polar surface area (TPSA) is 41.7 Å². The summed E-state index contributed by atoms with van der Waals surface area (Å²) in [6.45, 7) is 5.91. The van der Waals surface area contributed by atoms with E-state index >= 15 is 0 Å². The van der Waals surface area contributed by atoms with Gasteiger partial charge in [-0.05, 0) is 50.2 Å². The third-order valence-electron chi connectivity index (χ3n) is 5.50. The van der Waals surface area contributed by atoms with Gasteiger partial charge in [0.25, 0.3) is 0 Å². The number of aromatic nitrogens is 1. The Labute approximate surface area is 149 Å². The number of ether oxygens (including phenoxy) is 1. The monoisotopic (exact) mass is 341 g/mol. The molecule has 5 nitrogen and oxygen atoms in total. The van der Waals surface area contributed by atoms with Gasteiger partial charge in [-0.3, -0.25) is 14.8 Å². The number of hydrogen-bond acceptors (Lipinski definition) is 5. The molecule has 134 valence electrons. The molecule has 25 heavy (non-hydrogen) atoms. The Balaban J connectivity index is 1.33. The van der Waals surface area contributed by atoms with Crippen LogP contribution in [0.4, 0.5) is 0 Å². The number of hydrogen-bond donors (Lipinski definition) is 0. The van der Waals surface area contributed by atoms with Crippen molar-refractivity contribution in [2.24, 2.45) is 11.8 Å². The standard InChI is InChI=1S/C20H27N3O2/c1-22(12-18-6-4-10-24-18)14-20-19-13-23(9-7-16(19)15-25-20)11-17-5-2-3-8-21-17/h2-6,8,10,16,19-20H,7,9,11-15H2,1H3/t16-,19-,20+/m1/s1. The van der Waals surface area contributed by atoms with Crippen LogP contribution in [0.3, 0.4) is 0 Å². The van der Waals surface area contributed by atoms with Crippen LogP contribution < -0.4 is 0 Å². The molecule has 0 bridgehead atoms. The summed E-state index contributed by atoms with van der Waals surface area (Å²) in [5.41, 5.74) is 1.16. The van der Waals surface area contributed by atoms with E-state index in [2.05, 4.69) is 34.0 Å². The second-order valence-electron chi connectivity index (χ2n) is 7.42. The van der Waals surface area contributed by atoms with Crippen LogP contribution in [-0.4, -0.2) is 54.2 Å². The number of pyridine rings is 1. The lowest BCUT2D eigenvalue weighted by Crippen LogP contribution is -2.44. The van der Waals surface area contributed by atoms with E-state index < -0.39 is 0 Å². The van der Waals surface area contributed by atoms with Crippen LogP contribution >= 0.6 is 0 Å². The zero-order valence-electron chi connectivity index (χ0n) is 14.9. The predicted octanol–water partition coefficient (Wildman–Crippen LogP) is 2.64. The lowest BCUT2D eigenvalue weighted by molar-refractivity contribution is 0.0457. The number of rotatable bonds is 6. The minimum Gasteiger partial charge on any atom is -0.468 e. The molecule has 2 aromatic heterocycles. The Kier molecular flexibility index (Phi) is 5.15. The molecule has 0 spiro atoms. The average Bonchev–Trinajstić information content (AvgIpc) is 3.26. The normalized spacial score (nSPS) is 26.9. The summed E-state index contributed by atoms with van der Waals surface area (Å²) < 4.78 is 11.6. The number of nitrogens with zero attached hydrogens (tertiary/aromatic N) is 3. The number of piperidine rings is 1. The first-order valence-corrected chi connectivity index (χ1v) is 9.23. The highest BCUT2D eigenvalue weighted by atomic mass is 16.5. The first-order chi connectivity index (χ1) is 12.3. The predicted molar refractivity (Wildman–Crippen MR) is 95.9 cm³/mol. The molecule has 0 N–H and O–H groups in total. The van der Waals surface area contributed by atoms with Gasteiger partial charge < -0.3 is 9.15 Å². The minimum absolute atomic E-state index is 0.316. The summed E-state index contributed by atoms with van der Waals surface area (Å²) in [4.78, 5) is 9.32. The minimum atomic E-state index is 0.316. The van der Waals surface area contributed by atoms with Crippen LogP contribution in [0, 0.1) is 11.8 Å². The molecule has 0 amide bonds. The molecule has 2 aromatic rings. The van der Waals surface area contributed by atoms with Gasteiger partial charge in [-0.1, -0.05) is 6.07 Å². The van der Waals surface area contributed by atoms with Gasteiger partial charge in [0.1, 0.15) is 5.76 Å². The van der Waals surface area contributed by atoms with E-state index in [4.69, 9.17) is 9.15 Å². The molecule has 0 unspecified atom stereocenters. The van der Waals surface area contributed by atoms with E-state index in [-0.39, 0.29) is 0 Å². The van der Waals surface area contributed by atoms with Gasteiger partial charge in [-0.2, -0.15) is 0 Å². The fraction of sp³-hybridized carbons (Fsp3) is 0.550. The summed E-state index contributed by atoms with van der Waals surface area (Å²) in [7, 11) is 2.15. The molecule has 4 heterocycles. The molecule has 2 fully saturated rings. The van der Waals surface area contributed by atoms with E-state index in [1.165, 1.54) is 6.42 Å². The van der Waals surface area contributed by atoms with Crippen molar-refractivity contribution in [2.75, 3.05) is 33.3 Å². The summed E-state index contributed by atoms with van der Waals surface area (Å²) in [6.07, 6.45) is 5.17. The molecule has 0 radical (unpaired) electrons. The molecule has 0 aromatic carbocycles. The van der Waals surface area contributed by atoms with Gasteiger partial charge in [0.2, 0.25) is 0 Å². The first kappa shape index (κ1) is 16.8. The molecule has 2 aliphatic rings. The molecule has 5 heteroatoms. The van der Waals surface area contributed by atoms with Gasteiger partial charge in [0.15, 0.2) is 0 Å². The number of furan rings is 1. The van der Waals surface area contributed by atoms with Crippen LogP contribution in [0.1, 0.15) is 17.9 Å². The smallest absolute Gasteiger partial charge is 0.117 e. The van der Waals surface area contributed by atoms with Crippen molar-refractivity contribution in [1.29, 1.82) is 0 Å². The van der Waals surface area contributed by atoms with Crippen LogP contribution in [-0.2, 0) is 17.8 Å². The molecular weight excluding hydrogens is 314 g/mol. The Bertz CT molecular complexity index is 646. The number of fused-ring (bicyclic) bond motifs is 1. The van der Waals surface area contributed by atoms with Crippen molar-refractivity contribution < 1.29 is 9.15 Å². The molecule has 2 aliphatic heterocycles. The summed E-state index contributed by atoms with van der Waals surface area (Å²) in [5.74, 6) is 2.34. The fourth-order valence-electron chi connectivity index (χ4n) is 4.19. The first-order valence-electron chi connectivity index (χ1n) is 9.23. The highest BCUT2D eigenvalue weighted by Gasteiger charge is 2.41. The van der Waals surface area contributed by atoms with Gasteiger partial charge in [-0.25, -0.2) is 0 Å². The van der Waals surface area contributed by atoms with E-state index in [9.17, 15) is 0 Å². The lowest BCUT2D eigenvalue weighted by atomic mass is 9.84. The van der Waals surface area contributed by atoms with E-state index in [1.54, 1.807) is 6.26 Å². The molecule has 2 saturated heterocycles. The zero-order chi connectivity index (χ0) is 17.1. The van der Waals surface area contributed by atoms with Gasteiger partial charge in [0, 0.05) is 31.7 Å². The highest BCUT2D eigenvalue weighted by Crippen LogP contribution is 2.35. The Morgan fingerprint density at radius 3 is 3.04 bits per heavy atom. The van der Waals surface area contributed by atoms with E-state index in [1.807, 2.05) is 24.4 Å². The highest BCUT2D eigenvalue weighted by molar-refractivity contribution is 5.04. The van der Waals surface area contributed by atoms with Gasteiger partial charge in [0.05, 0.1) is 31.2 Å². The fourth-order valence-corrected chi connectivity index (χ4v) is 4.19. The van der Waals surface area contributed by atoms with Crippen molar-refractivity contribution in [3.63, 3.8) is 0 Å². The maximum atomic E-state index is 6.17. The van der Waals surface area contributed by atoms with E-state index in [0.717, 1.165) is 50.8 Å². The molecule has 0 aliphatic carbocycles. The van der Waals surface area contributed by atoms with Gasteiger partial charge >= 0.3 is 0 Å². The Morgan fingerprint density at radius 1 is 1.28 bits per heavy atom. The second kappa shape index (κ2) is 7.68. The quantitative estimate of drug-likeness (QED) is 0.808. The van der Waals surface area contributed by atoms with Crippen LogP contribution in [0.5, 0.6) is 0 Å². The Morgan fingerprint density at radius 2 is 2.24 bits per heavy atom. The lowest BCUT2D eigenvalue weighted by Gasteiger charge is -2.36. The van der Waals surface area contributed by atoms with Gasteiger partial charge in [-0.15, -0.1) is 0 Å². The SMILES string of the molecule is CN(Cc1ccco1)C[C@@H]1OC[C@H]2CCN(Cc3ccccn3)C[C@H]21. The van der Waals surface area contributed by atoms with Crippen molar-refractivity contribution in [3.05, 3.63) is 54.2 Å². The number of likely N-dealkylation sites (tertiary alicyclic amines) is 1. The van der Waals surface area contributed by atoms with Crippen molar-refractivity contribution in [2.45, 2.75) is 25.6 Å². The average molecular weight is 341 g/mol. The summed E-state index contributed by atoms with van der Waals surface area (Å²) in [5, 5.41) is 0. The molecule has 0 saturated carbocycles. The van der Waals surface area contributed by atoms with Crippen LogP contribution in [0.2, 0.25) is 0 Å². The third kappa shape index (κ3) is 4.11. The van der Waals surface area contributed by atoms with Crippen molar-refractivity contribution in [3.8, 4) is 0 Å². The van der Waals surface area contributed by atoms with Crippen LogP contribution in [0.25, 0.3) is 0 Å². The van der Waals surface area contributed by atoms with Crippen molar-refractivity contribution >= 4 is 0 Å². The zero-order valence-corrected chi connectivity index (χ0v) is 14.9. The van der Waals surface area contributed by atoms with E-state index in [0.29, 0.717) is 17.9 Å². The maximum Gasteiger partial charge on any atom is 0.117 e. The maximum absolute atomic E-state index is 6.17. The number of likely N-dealkylation sites (N-methyl/N-ethyl adjacent to an activating group) is 1. The largest absolute Gasteiger partial charge is 0.468 e. The molecule has 4 rings (SSSR count). The van der Waals surface area contributed by atoms with Crippen molar-refractivity contribution in [1.82, 2.24) is 14.8 Å².